The molecule has 0 amide bonds. The van der Waals surface area contributed by atoms with E-state index in [1.807, 2.05) is 19.9 Å². The summed E-state index contributed by atoms with van der Waals surface area (Å²) in [5.41, 5.74) is 7.02. The van der Waals surface area contributed by atoms with Gasteiger partial charge < -0.3 is 19.9 Å². The zero-order valence-electron chi connectivity index (χ0n) is 13.3. The molecule has 1 aromatic rings. The molecule has 2 N–H and O–H groups in total. The Morgan fingerprint density at radius 2 is 1.95 bits per heavy atom. The lowest BCUT2D eigenvalue weighted by atomic mass is 10.0. The number of nitrogens with two attached hydrogens (primary N) is 1. The van der Waals surface area contributed by atoms with Crippen LogP contribution in [0.4, 0.5) is 0 Å². The molecule has 0 bridgehead atoms. The first-order chi connectivity index (χ1) is 9.97. The topological polar surface area (TPSA) is 53.7 Å². The van der Waals surface area contributed by atoms with Crippen molar-refractivity contribution in [3.63, 3.8) is 0 Å². The molecule has 0 fully saturated rings. The highest BCUT2D eigenvalue weighted by atomic mass is 35.5. The molecule has 0 saturated heterocycles. The molecule has 1 rings (SSSR count). The van der Waals surface area contributed by atoms with Gasteiger partial charge in [0, 0.05) is 22.7 Å². The van der Waals surface area contributed by atoms with Crippen LogP contribution >= 0.6 is 11.6 Å². The van der Waals surface area contributed by atoms with Crippen molar-refractivity contribution in [2.45, 2.75) is 45.8 Å². The van der Waals surface area contributed by atoms with E-state index in [9.17, 15) is 0 Å². The minimum Gasteiger partial charge on any atom is -0.493 e. The fraction of sp³-hybridized carbons (Fsp3) is 0.625. The highest BCUT2D eigenvalue weighted by Crippen LogP contribution is 2.35. The molecule has 4 nitrogen and oxygen atoms in total. The van der Waals surface area contributed by atoms with Crippen molar-refractivity contribution in [2.24, 2.45) is 5.73 Å². The van der Waals surface area contributed by atoms with Crippen LogP contribution < -0.4 is 15.2 Å². The molecular formula is C16H26ClNO3. The van der Waals surface area contributed by atoms with Crippen LogP contribution in [0, 0.1) is 0 Å². The molecule has 1 aromatic carbocycles. The van der Waals surface area contributed by atoms with Crippen LogP contribution in [0.5, 0.6) is 11.5 Å². The van der Waals surface area contributed by atoms with Gasteiger partial charge in [0.25, 0.3) is 0 Å². The van der Waals surface area contributed by atoms with Gasteiger partial charge in [0.15, 0.2) is 11.5 Å². The fourth-order valence-corrected chi connectivity index (χ4v) is 2.17. The summed E-state index contributed by atoms with van der Waals surface area (Å²) in [6.45, 7) is 7.04. The second-order valence-corrected chi connectivity index (χ2v) is 5.67. The lowest BCUT2D eigenvalue weighted by molar-refractivity contribution is 0.0544. The average molecular weight is 316 g/mol. The summed E-state index contributed by atoms with van der Waals surface area (Å²) in [7, 11) is 1.60. The van der Waals surface area contributed by atoms with Gasteiger partial charge in [-0.1, -0.05) is 18.5 Å². The van der Waals surface area contributed by atoms with Crippen LogP contribution in [0.1, 0.15) is 32.8 Å². The highest BCUT2D eigenvalue weighted by Gasteiger charge is 2.15. The number of ether oxygens (including phenoxy) is 3. The van der Waals surface area contributed by atoms with E-state index in [1.165, 1.54) is 0 Å². The predicted octanol–water partition coefficient (Wildman–Crippen LogP) is 3.43. The van der Waals surface area contributed by atoms with Crippen LogP contribution in [0.2, 0.25) is 5.02 Å². The zero-order valence-corrected chi connectivity index (χ0v) is 14.1. The molecule has 1 unspecified atom stereocenters. The summed E-state index contributed by atoms with van der Waals surface area (Å²) >= 11 is 6.13. The smallest absolute Gasteiger partial charge is 0.164 e. The summed E-state index contributed by atoms with van der Waals surface area (Å²) in [5, 5.41) is 0.621. The van der Waals surface area contributed by atoms with Crippen LogP contribution in [0.25, 0.3) is 0 Å². The van der Waals surface area contributed by atoms with E-state index >= 15 is 0 Å². The van der Waals surface area contributed by atoms with E-state index < -0.39 is 0 Å². The Kier molecular flexibility index (Phi) is 7.86. The second-order valence-electron chi connectivity index (χ2n) is 5.24. The third kappa shape index (κ3) is 6.12. The van der Waals surface area contributed by atoms with E-state index in [0.29, 0.717) is 36.2 Å². The lowest BCUT2D eigenvalue weighted by Crippen LogP contribution is -2.22. The third-order valence-corrected chi connectivity index (χ3v) is 3.32. The van der Waals surface area contributed by atoms with Crippen LogP contribution in [-0.4, -0.2) is 32.5 Å². The fourth-order valence-electron chi connectivity index (χ4n) is 1.94. The van der Waals surface area contributed by atoms with Gasteiger partial charge in [0.1, 0.15) is 6.61 Å². The maximum atomic E-state index is 6.13. The molecule has 21 heavy (non-hydrogen) atoms. The predicted molar refractivity (Wildman–Crippen MR) is 86.6 cm³/mol. The van der Waals surface area contributed by atoms with Gasteiger partial charge in [0.05, 0.1) is 19.8 Å². The van der Waals surface area contributed by atoms with E-state index in [0.717, 1.165) is 12.0 Å². The quantitative estimate of drug-likeness (QED) is 0.709. The summed E-state index contributed by atoms with van der Waals surface area (Å²) in [4.78, 5) is 0. The van der Waals surface area contributed by atoms with Crippen molar-refractivity contribution >= 4 is 11.6 Å². The standard InChI is InChI=1S/C16H26ClNO3/c1-5-14(18)9-12-8-13(17)10-15(19-4)16(12)21-7-6-20-11(2)3/h8,10-11,14H,5-7,9,18H2,1-4H3. The summed E-state index contributed by atoms with van der Waals surface area (Å²) in [6, 6.07) is 3.71. The van der Waals surface area contributed by atoms with Crippen LogP contribution in [-0.2, 0) is 11.2 Å². The Balaban J connectivity index is 2.86. The Hall–Kier alpha value is -0.970. The van der Waals surface area contributed by atoms with Gasteiger partial charge in [0.2, 0.25) is 0 Å². The Labute approximate surface area is 132 Å². The van der Waals surface area contributed by atoms with Gasteiger partial charge in [-0.05, 0) is 32.8 Å². The molecule has 0 radical (unpaired) electrons. The first-order valence-electron chi connectivity index (χ1n) is 7.34. The SMILES string of the molecule is CCC(N)Cc1cc(Cl)cc(OC)c1OCCOC(C)C. The molecule has 0 heterocycles. The molecule has 0 saturated carbocycles. The number of methoxy groups -OCH3 is 1. The van der Waals surface area contributed by atoms with Gasteiger partial charge in [-0.15, -0.1) is 0 Å². The summed E-state index contributed by atoms with van der Waals surface area (Å²) in [6.07, 6.45) is 1.78. The molecule has 0 spiro atoms. The van der Waals surface area contributed by atoms with Gasteiger partial charge in [-0.25, -0.2) is 0 Å². The van der Waals surface area contributed by atoms with Crippen molar-refractivity contribution in [3.8, 4) is 11.5 Å². The van der Waals surface area contributed by atoms with E-state index in [2.05, 4.69) is 6.92 Å². The normalized spacial score (nSPS) is 12.5. The third-order valence-electron chi connectivity index (χ3n) is 3.10. The first kappa shape index (κ1) is 18.1. The largest absolute Gasteiger partial charge is 0.493 e. The van der Waals surface area contributed by atoms with Crippen molar-refractivity contribution in [1.29, 1.82) is 0 Å². The van der Waals surface area contributed by atoms with Gasteiger partial charge in [-0.2, -0.15) is 0 Å². The number of hydrogen-bond donors (Lipinski definition) is 1. The first-order valence-corrected chi connectivity index (χ1v) is 7.72. The maximum absolute atomic E-state index is 6.13. The van der Waals surface area contributed by atoms with Crippen LogP contribution in [0.3, 0.4) is 0 Å². The van der Waals surface area contributed by atoms with Crippen molar-refractivity contribution in [3.05, 3.63) is 22.7 Å². The Bertz CT molecular complexity index is 438. The van der Waals surface area contributed by atoms with Gasteiger partial charge >= 0.3 is 0 Å². The van der Waals surface area contributed by atoms with E-state index in [-0.39, 0.29) is 12.1 Å². The number of benzene rings is 1. The molecule has 5 heteroatoms. The molecule has 1 atom stereocenters. The number of rotatable bonds is 9. The summed E-state index contributed by atoms with van der Waals surface area (Å²) in [5.74, 6) is 1.34. The molecule has 120 valence electrons. The van der Waals surface area contributed by atoms with Crippen molar-refractivity contribution in [1.82, 2.24) is 0 Å². The number of hydrogen-bond acceptors (Lipinski definition) is 4. The maximum Gasteiger partial charge on any atom is 0.164 e. The molecule has 0 aliphatic heterocycles. The van der Waals surface area contributed by atoms with Crippen LogP contribution in [0.15, 0.2) is 12.1 Å². The molecule has 0 aromatic heterocycles. The molecular weight excluding hydrogens is 290 g/mol. The average Bonchev–Trinajstić information content (AvgIpc) is 2.44. The molecule has 0 aliphatic rings. The van der Waals surface area contributed by atoms with E-state index in [1.54, 1.807) is 13.2 Å². The Morgan fingerprint density at radius 1 is 1.24 bits per heavy atom. The summed E-state index contributed by atoms with van der Waals surface area (Å²) < 4.78 is 16.7. The van der Waals surface area contributed by atoms with Crippen molar-refractivity contribution < 1.29 is 14.2 Å². The minimum absolute atomic E-state index is 0.0717. The van der Waals surface area contributed by atoms with Gasteiger partial charge in [-0.3, -0.25) is 0 Å². The minimum atomic E-state index is 0.0717. The monoisotopic (exact) mass is 315 g/mol. The molecule has 0 aliphatic carbocycles. The second kappa shape index (κ2) is 9.13. The lowest BCUT2D eigenvalue weighted by Gasteiger charge is -2.18. The zero-order chi connectivity index (χ0) is 15.8. The highest BCUT2D eigenvalue weighted by molar-refractivity contribution is 6.30. The van der Waals surface area contributed by atoms with Crippen molar-refractivity contribution in [2.75, 3.05) is 20.3 Å². The number of halogens is 1. The van der Waals surface area contributed by atoms with E-state index in [4.69, 9.17) is 31.5 Å². The Morgan fingerprint density at radius 3 is 2.52 bits per heavy atom.